The minimum atomic E-state index is -1.57. The molecule has 1 saturated carbocycles. The predicted molar refractivity (Wildman–Crippen MR) is 149 cm³/mol. The van der Waals surface area contributed by atoms with Crippen LogP contribution >= 0.6 is 11.6 Å². The van der Waals surface area contributed by atoms with E-state index >= 15 is 8.78 Å². The largest absolute Gasteiger partial charge is 0.490 e. The molecule has 2 aromatic carbocycles. The summed E-state index contributed by atoms with van der Waals surface area (Å²) in [6.45, 7) is 4.76. The zero-order valence-corrected chi connectivity index (χ0v) is 24.3. The van der Waals surface area contributed by atoms with Gasteiger partial charge < -0.3 is 14.4 Å². The van der Waals surface area contributed by atoms with Crippen molar-refractivity contribution in [2.24, 2.45) is 5.92 Å². The second-order valence-electron chi connectivity index (χ2n) is 11.6. The number of ketones is 1. The Morgan fingerprint density at radius 2 is 1.85 bits per heavy atom. The molecule has 2 heterocycles. The van der Waals surface area contributed by atoms with Crippen LogP contribution in [0.5, 0.6) is 5.75 Å². The van der Waals surface area contributed by atoms with Gasteiger partial charge in [-0.15, -0.1) is 0 Å². The fraction of sp³-hybridized carbons (Fsp3) is 0.516. The number of carbonyl (C=O) groups is 3. The van der Waals surface area contributed by atoms with Crippen LogP contribution in [0.25, 0.3) is 0 Å². The number of carbonyl (C=O) groups excluding carboxylic acids is 3. The highest BCUT2D eigenvalue weighted by atomic mass is 35.5. The SMILES string of the molecule is COC(=O)[C@@H]1C(C)C(=O)CN1C(=O)c1cc(C2CC2)c(OCC2(F)CCN(Cc3cc(C)ccc3Cl)CC2)cc1F. The van der Waals surface area contributed by atoms with E-state index in [0.717, 1.165) is 34.9 Å². The number of nitrogens with zero attached hydrogens (tertiary/aromatic N) is 2. The van der Waals surface area contributed by atoms with Crippen LogP contribution in [0.15, 0.2) is 30.3 Å². The molecule has 3 fully saturated rings. The summed E-state index contributed by atoms with van der Waals surface area (Å²) in [6.07, 6.45) is 2.22. The van der Waals surface area contributed by atoms with E-state index in [9.17, 15) is 14.4 Å². The topological polar surface area (TPSA) is 76.2 Å². The van der Waals surface area contributed by atoms with Crippen molar-refractivity contribution in [2.75, 3.05) is 33.4 Å². The summed E-state index contributed by atoms with van der Waals surface area (Å²) >= 11 is 6.34. The van der Waals surface area contributed by atoms with Gasteiger partial charge in [-0.05, 0) is 61.8 Å². The molecule has 0 bridgehead atoms. The number of Topliss-reactive ketones (excluding diaryl/α,β-unsaturated/α-hetero) is 1. The molecule has 0 radical (unpaired) electrons. The highest BCUT2D eigenvalue weighted by Crippen LogP contribution is 2.46. The van der Waals surface area contributed by atoms with Crippen molar-refractivity contribution in [1.29, 1.82) is 0 Å². The van der Waals surface area contributed by atoms with Gasteiger partial charge in [-0.3, -0.25) is 14.5 Å². The highest BCUT2D eigenvalue weighted by molar-refractivity contribution is 6.31. The molecule has 3 aliphatic rings. The van der Waals surface area contributed by atoms with Crippen molar-refractivity contribution in [3.8, 4) is 5.75 Å². The van der Waals surface area contributed by atoms with Crippen molar-refractivity contribution in [1.82, 2.24) is 9.80 Å². The number of methoxy groups -OCH3 is 1. The van der Waals surface area contributed by atoms with Gasteiger partial charge in [0.1, 0.15) is 29.9 Å². The Morgan fingerprint density at radius 1 is 1.15 bits per heavy atom. The summed E-state index contributed by atoms with van der Waals surface area (Å²) in [6, 6.07) is 7.34. The first-order valence-electron chi connectivity index (χ1n) is 14.0. The maximum absolute atomic E-state index is 15.8. The number of hydrogen-bond donors (Lipinski definition) is 0. The zero-order valence-electron chi connectivity index (χ0n) is 23.6. The van der Waals surface area contributed by atoms with Crippen molar-refractivity contribution in [3.63, 3.8) is 0 Å². The van der Waals surface area contributed by atoms with E-state index in [1.807, 2.05) is 25.1 Å². The number of benzene rings is 2. The minimum absolute atomic E-state index is 0.0733. The van der Waals surface area contributed by atoms with Crippen LogP contribution in [-0.2, 0) is 20.9 Å². The van der Waals surface area contributed by atoms with E-state index in [2.05, 4.69) is 4.90 Å². The quantitative estimate of drug-likeness (QED) is 0.392. The number of ether oxygens (including phenoxy) is 2. The molecule has 2 aromatic rings. The molecule has 1 amide bonds. The highest BCUT2D eigenvalue weighted by Gasteiger charge is 2.46. The van der Waals surface area contributed by atoms with E-state index in [1.54, 1.807) is 6.92 Å². The van der Waals surface area contributed by atoms with Gasteiger partial charge in [0.25, 0.3) is 5.91 Å². The molecule has 0 N–H and O–H groups in total. The lowest BCUT2D eigenvalue weighted by molar-refractivity contribution is -0.146. The van der Waals surface area contributed by atoms with Gasteiger partial charge in [0.05, 0.1) is 19.2 Å². The first kappa shape index (κ1) is 29.5. The summed E-state index contributed by atoms with van der Waals surface area (Å²) in [5, 5.41) is 0.694. The number of hydrogen-bond acceptors (Lipinski definition) is 6. The third-order valence-corrected chi connectivity index (χ3v) is 8.90. The van der Waals surface area contributed by atoms with E-state index < -0.39 is 35.3 Å². The standard InChI is InChI=1S/C31H35ClF2N2O5/c1-18-4-7-24(32)21(12-18)15-35-10-8-31(34,9-11-35)17-41-27-14-25(33)23(13-22(27)20-5-6-20)29(38)36-16-26(37)19(2)28(36)30(39)40-3/h4,7,12-14,19-20,28H,5-6,8-11,15-17H2,1-3H3/t19?,28-/m0/s1. The monoisotopic (exact) mass is 588 g/mol. The van der Waals surface area contributed by atoms with Gasteiger partial charge in [-0.2, -0.15) is 0 Å². The van der Waals surface area contributed by atoms with Crippen LogP contribution in [0.1, 0.15) is 65.6 Å². The molecule has 1 unspecified atom stereocenters. The van der Waals surface area contributed by atoms with Gasteiger partial charge in [0.15, 0.2) is 5.78 Å². The first-order chi connectivity index (χ1) is 19.5. The lowest BCUT2D eigenvalue weighted by atomic mass is 9.93. The molecule has 41 heavy (non-hydrogen) atoms. The number of amides is 1. The maximum Gasteiger partial charge on any atom is 0.329 e. The Kier molecular flexibility index (Phi) is 8.39. The molecular weight excluding hydrogens is 554 g/mol. The minimum Gasteiger partial charge on any atom is -0.490 e. The smallest absolute Gasteiger partial charge is 0.329 e. The van der Waals surface area contributed by atoms with Crippen molar-refractivity contribution in [3.05, 3.63) is 63.4 Å². The summed E-state index contributed by atoms with van der Waals surface area (Å²) in [4.78, 5) is 41.2. The average Bonchev–Trinajstić information content (AvgIpc) is 3.75. The Morgan fingerprint density at radius 3 is 2.51 bits per heavy atom. The summed E-state index contributed by atoms with van der Waals surface area (Å²) in [7, 11) is 1.18. The lowest BCUT2D eigenvalue weighted by Crippen LogP contribution is -2.44. The molecular formula is C31H35ClF2N2O5. The molecule has 220 valence electrons. The Labute approximate surface area is 243 Å². The van der Waals surface area contributed by atoms with Gasteiger partial charge >= 0.3 is 5.97 Å². The Hall–Kier alpha value is -3.04. The van der Waals surface area contributed by atoms with E-state index in [0.29, 0.717) is 30.2 Å². The number of alkyl halides is 1. The number of esters is 1. The third-order valence-electron chi connectivity index (χ3n) is 8.53. The van der Waals surface area contributed by atoms with Crippen LogP contribution in [0, 0.1) is 18.7 Å². The maximum atomic E-state index is 15.8. The van der Waals surface area contributed by atoms with Crippen molar-refractivity contribution in [2.45, 2.75) is 63.7 Å². The summed E-state index contributed by atoms with van der Waals surface area (Å²) in [5.41, 5.74) is 0.955. The molecule has 10 heteroatoms. The Balaban J connectivity index is 1.27. The van der Waals surface area contributed by atoms with Crippen LogP contribution in [0.3, 0.4) is 0 Å². The van der Waals surface area contributed by atoms with Crippen LogP contribution < -0.4 is 4.74 Å². The fourth-order valence-electron chi connectivity index (χ4n) is 5.76. The van der Waals surface area contributed by atoms with Crippen LogP contribution in [0.2, 0.25) is 5.02 Å². The first-order valence-corrected chi connectivity index (χ1v) is 14.4. The number of halogens is 3. The van der Waals surface area contributed by atoms with Gasteiger partial charge in [-0.25, -0.2) is 13.6 Å². The zero-order chi connectivity index (χ0) is 29.5. The number of piperidine rings is 1. The molecule has 2 atom stereocenters. The molecule has 0 aromatic heterocycles. The van der Waals surface area contributed by atoms with Crippen molar-refractivity contribution < 1.29 is 32.6 Å². The molecule has 2 saturated heterocycles. The number of aryl methyl sites for hydroxylation is 1. The lowest BCUT2D eigenvalue weighted by Gasteiger charge is -2.36. The summed E-state index contributed by atoms with van der Waals surface area (Å²) < 4.78 is 41.9. The number of rotatable bonds is 8. The molecule has 2 aliphatic heterocycles. The molecule has 0 spiro atoms. The van der Waals surface area contributed by atoms with Gasteiger partial charge in [0.2, 0.25) is 0 Å². The van der Waals surface area contributed by atoms with E-state index in [4.69, 9.17) is 21.1 Å². The van der Waals surface area contributed by atoms with E-state index in [1.165, 1.54) is 13.2 Å². The second-order valence-corrected chi connectivity index (χ2v) is 12.0. The van der Waals surface area contributed by atoms with Crippen molar-refractivity contribution >= 4 is 29.3 Å². The fourth-order valence-corrected chi connectivity index (χ4v) is 5.94. The third kappa shape index (κ3) is 6.26. The Bertz CT molecular complexity index is 1360. The van der Waals surface area contributed by atoms with Crippen LogP contribution in [0.4, 0.5) is 8.78 Å². The number of likely N-dealkylation sites (tertiary alicyclic amines) is 2. The second kappa shape index (κ2) is 11.7. The normalized spacial score (nSPS) is 22.6. The van der Waals surface area contributed by atoms with Gasteiger partial charge in [-0.1, -0.05) is 36.2 Å². The molecule has 7 nitrogen and oxygen atoms in total. The molecule has 5 rings (SSSR count). The average molecular weight is 589 g/mol. The summed E-state index contributed by atoms with van der Waals surface area (Å²) in [5.74, 6) is -3.07. The molecule has 1 aliphatic carbocycles. The van der Waals surface area contributed by atoms with Crippen LogP contribution in [-0.4, -0.2) is 72.5 Å². The predicted octanol–water partition coefficient (Wildman–Crippen LogP) is 5.25. The van der Waals surface area contributed by atoms with E-state index in [-0.39, 0.29) is 49.0 Å². The van der Waals surface area contributed by atoms with Gasteiger partial charge in [0, 0.05) is 36.6 Å².